The first-order valence-corrected chi connectivity index (χ1v) is 6.39. The average Bonchev–Trinajstić information content (AvgIpc) is 3.26. The topological polar surface area (TPSA) is 76.1 Å². The second kappa shape index (κ2) is 6.27. The number of carbonyl (C=O) groups is 2. The normalized spacial score (nSPS) is 13.7. The van der Waals surface area contributed by atoms with Crippen molar-refractivity contribution in [2.24, 2.45) is 0 Å². The van der Waals surface area contributed by atoms with Crippen molar-refractivity contribution < 1.29 is 24.2 Å². The predicted octanol–water partition coefficient (Wildman–Crippen LogP) is 1.15. The molecule has 0 bridgehead atoms. The summed E-state index contributed by atoms with van der Waals surface area (Å²) < 4.78 is 10.5. The van der Waals surface area contributed by atoms with Gasteiger partial charge in [0.15, 0.2) is 18.1 Å². The zero-order chi connectivity index (χ0) is 14.5. The predicted molar refractivity (Wildman–Crippen MR) is 70.9 cm³/mol. The van der Waals surface area contributed by atoms with E-state index in [2.05, 4.69) is 0 Å². The summed E-state index contributed by atoms with van der Waals surface area (Å²) in [6, 6.07) is 7.05. The maximum Gasteiger partial charge on any atom is 0.323 e. The van der Waals surface area contributed by atoms with E-state index in [0.717, 1.165) is 12.8 Å². The van der Waals surface area contributed by atoms with Gasteiger partial charge in [0.1, 0.15) is 6.54 Å². The fourth-order valence-electron chi connectivity index (χ4n) is 1.91. The number of para-hydroxylation sites is 2. The Morgan fingerprint density at radius 1 is 1.30 bits per heavy atom. The van der Waals surface area contributed by atoms with Crippen LogP contribution in [0.25, 0.3) is 0 Å². The number of carboxylic acids is 1. The van der Waals surface area contributed by atoms with Crippen molar-refractivity contribution in [3.8, 4) is 11.5 Å². The summed E-state index contributed by atoms with van der Waals surface area (Å²) in [6.07, 6.45) is 1.71. The van der Waals surface area contributed by atoms with Crippen LogP contribution in [0.1, 0.15) is 12.8 Å². The third-order valence-electron chi connectivity index (χ3n) is 3.03. The fraction of sp³-hybridized carbons (Fsp3) is 0.429. The summed E-state index contributed by atoms with van der Waals surface area (Å²) in [7, 11) is 1.52. The van der Waals surface area contributed by atoms with Gasteiger partial charge in [-0.2, -0.15) is 0 Å². The second-order valence-corrected chi connectivity index (χ2v) is 4.59. The molecule has 0 heterocycles. The van der Waals surface area contributed by atoms with Crippen LogP contribution in [0.5, 0.6) is 11.5 Å². The summed E-state index contributed by atoms with van der Waals surface area (Å²) in [5.41, 5.74) is 0. The molecule has 1 fully saturated rings. The Kier molecular flexibility index (Phi) is 4.45. The largest absolute Gasteiger partial charge is 0.493 e. The van der Waals surface area contributed by atoms with Gasteiger partial charge in [-0.05, 0) is 25.0 Å². The standard InChI is InChI=1S/C14H17NO5/c1-19-11-4-2-3-5-12(11)20-9-13(16)15(8-14(17)18)10-6-7-10/h2-5,10H,6-9H2,1H3,(H,17,18). The lowest BCUT2D eigenvalue weighted by Crippen LogP contribution is -2.40. The number of hydrogen-bond acceptors (Lipinski definition) is 4. The Hall–Kier alpha value is -2.24. The minimum absolute atomic E-state index is 0.0415. The lowest BCUT2D eigenvalue weighted by atomic mass is 10.3. The van der Waals surface area contributed by atoms with Gasteiger partial charge in [-0.1, -0.05) is 12.1 Å². The van der Waals surface area contributed by atoms with E-state index in [-0.39, 0.29) is 25.1 Å². The lowest BCUT2D eigenvalue weighted by molar-refractivity contribution is -0.145. The second-order valence-electron chi connectivity index (χ2n) is 4.59. The molecule has 1 aromatic carbocycles. The molecular formula is C14H17NO5. The van der Waals surface area contributed by atoms with E-state index in [0.29, 0.717) is 11.5 Å². The third kappa shape index (κ3) is 3.63. The fourth-order valence-corrected chi connectivity index (χ4v) is 1.91. The molecule has 0 radical (unpaired) electrons. The Balaban J connectivity index is 1.94. The highest BCUT2D eigenvalue weighted by Crippen LogP contribution is 2.28. The van der Waals surface area contributed by atoms with Gasteiger partial charge in [0.05, 0.1) is 7.11 Å². The van der Waals surface area contributed by atoms with Crippen LogP contribution < -0.4 is 9.47 Å². The van der Waals surface area contributed by atoms with Crippen LogP contribution in [-0.4, -0.2) is 48.2 Å². The van der Waals surface area contributed by atoms with Crippen LogP contribution in [0.2, 0.25) is 0 Å². The van der Waals surface area contributed by atoms with E-state index in [4.69, 9.17) is 14.6 Å². The number of nitrogens with zero attached hydrogens (tertiary/aromatic N) is 1. The van der Waals surface area contributed by atoms with E-state index in [1.807, 2.05) is 0 Å². The van der Waals surface area contributed by atoms with E-state index in [9.17, 15) is 9.59 Å². The molecule has 0 atom stereocenters. The van der Waals surface area contributed by atoms with Crippen LogP contribution in [-0.2, 0) is 9.59 Å². The minimum atomic E-state index is -1.01. The molecule has 1 aromatic rings. The summed E-state index contributed by atoms with van der Waals surface area (Å²) in [5, 5.41) is 8.82. The maximum absolute atomic E-state index is 12.0. The van der Waals surface area contributed by atoms with Crippen LogP contribution in [0.15, 0.2) is 24.3 Å². The smallest absolute Gasteiger partial charge is 0.323 e. The van der Waals surface area contributed by atoms with E-state index in [1.54, 1.807) is 24.3 Å². The Morgan fingerprint density at radius 3 is 2.50 bits per heavy atom. The van der Waals surface area contributed by atoms with E-state index in [1.165, 1.54) is 12.0 Å². The molecule has 0 aromatic heterocycles. The molecule has 1 amide bonds. The zero-order valence-electron chi connectivity index (χ0n) is 11.2. The van der Waals surface area contributed by atoms with Gasteiger partial charge in [-0.15, -0.1) is 0 Å². The van der Waals surface area contributed by atoms with Crippen LogP contribution in [0.4, 0.5) is 0 Å². The molecule has 6 nitrogen and oxygen atoms in total. The Morgan fingerprint density at radius 2 is 1.95 bits per heavy atom. The number of amides is 1. The minimum Gasteiger partial charge on any atom is -0.493 e. The quantitative estimate of drug-likeness (QED) is 0.810. The SMILES string of the molecule is COc1ccccc1OCC(=O)N(CC(=O)O)C1CC1. The number of aliphatic carboxylic acids is 1. The molecule has 0 aliphatic heterocycles. The Bertz CT molecular complexity index is 498. The highest BCUT2D eigenvalue weighted by Gasteiger charge is 2.33. The Labute approximate surface area is 116 Å². The van der Waals surface area contributed by atoms with Gasteiger partial charge in [-0.3, -0.25) is 9.59 Å². The van der Waals surface area contributed by atoms with Crippen molar-refractivity contribution in [1.29, 1.82) is 0 Å². The number of rotatable bonds is 7. The summed E-state index contributed by atoms with van der Waals surface area (Å²) >= 11 is 0. The number of methoxy groups -OCH3 is 1. The molecule has 0 saturated heterocycles. The summed E-state index contributed by atoms with van der Waals surface area (Å²) in [4.78, 5) is 24.2. The number of hydrogen-bond donors (Lipinski definition) is 1. The molecule has 0 spiro atoms. The van der Waals surface area contributed by atoms with Gasteiger partial charge in [0.2, 0.25) is 0 Å². The zero-order valence-corrected chi connectivity index (χ0v) is 11.2. The van der Waals surface area contributed by atoms with Gasteiger partial charge in [0.25, 0.3) is 5.91 Å². The maximum atomic E-state index is 12.0. The molecule has 1 aliphatic rings. The summed E-state index contributed by atoms with van der Waals surface area (Å²) in [6.45, 7) is -0.469. The van der Waals surface area contributed by atoms with Crippen molar-refractivity contribution >= 4 is 11.9 Å². The monoisotopic (exact) mass is 279 g/mol. The molecule has 1 N–H and O–H groups in total. The first-order valence-electron chi connectivity index (χ1n) is 6.39. The van der Waals surface area contributed by atoms with Crippen LogP contribution in [0.3, 0.4) is 0 Å². The van der Waals surface area contributed by atoms with Gasteiger partial charge in [-0.25, -0.2) is 0 Å². The van der Waals surface area contributed by atoms with Crippen molar-refractivity contribution in [2.45, 2.75) is 18.9 Å². The summed E-state index contributed by atoms with van der Waals surface area (Å²) in [5.74, 6) is -0.325. The van der Waals surface area contributed by atoms with E-state index < -0.39 is 5.97 Å². The number of benzene rings is 1. The molecule has 20 heavy (non-hydrogen) atoms. The number of ether oxygens (including phenoxy) is 2. The van der Waals surface area contributed by atoms with Gasteiger partial charge >= 0.3 is 5.97 Å². The van der Waals surface area contributed by atoms with Crippen LogP contribution >= 0.6 is 0 Å². The molecule has 0 unspecified atom stereocenters. The molecule has 6 heteroatoms. The average molecular weight is 279 g/mol. The van der Waals surface area contributed by atoms with Gasteiger partial charge < -0.3 is 19.5 Å². The van der Waals surface area contributed by atoms with Crippen molar-refractivity contribution in [1.82, 2.24) is 4.90 Å². The third-order valence-corrected chi connectivity index (χ3v) is 3.03. The lowest BCUT2D eigenvalue weighted by Gasteiger charge is -2.20. The van der Waals surface area contributed by atoms with Crippen molar-refractivity contribution in [2.75, 3.05) is 20.3 Å². The first-order chi connectivity index (χ1) is 9.61. The van der Waals surface area contributed by atoms with Crippen molar-refractivity contribution in [3.63, 3.8) is 0 Å². The molecular weight excluding hydrogens is 262 g/mol. The highest BCUT2D eigenvalue weighted by molar-refractivity contribution is 5.83. The molecule has 1 aliphatic carbocycles. The van der Waals surface area contributed by atoms with E-state index >= 15 is 0 Å². The molecule has 108 valence electrons. The number of carbonyl (C=O) groups excluding carboxylic acids is 1. The first kappa shape index (κ1) is 14.2. The van der Waals surface area contributed by atoms with Crippen molar-refractivity contribution in [3.05, 3.63) is 24.3 Å². The van der Waals surface area contributed by atoms with Crippen LogP contribution in [0, 0.1) is 0 Å². The highest BCUT2D eigenvalue weighted by atomic mass is 16.5. The van der Waals surface area contributed by atoms with Gasteiger partial charge in [0, 0.05) is 6.04 Å². The number of carboxylic acid groups (broad SMARTS) is 1. The molecule has 2 rings (SSSR count). The molecule has 1 saturated carbocycles.